The van der Waals surface area contributed by atoms with Crippen LogP contribution in [-0.2, 0) is 0 Å². The molecule has 0 fully saturated rings. The van der Waals surface area contributed by atoms with Crippen LogP contribution in [0.4, 0.5) is 17.1 Å². The average molecular weight is 1080 g/mol. The quantitative estimate of drug-likeness (QED) is 0.132. The van der Waals surface area contributed by atoms with Crippen LogP contribution in [0, 0.1) is 0 Å². The summed E-state index contributed by atoms with van der Waals surface area (Å²) in [5, 5.41) is 10.2. The molecule has 0 saturated carbocycles. The molecule has 1 nitrogen and oxygen atoms in total. The Kier molecular flexibility index (Phi) is 11.2. The van der Waals surface area contributed by atoms with Gasteiger partial charge in [-0.3, -0.25) is 0 Å². The van der Waals surface area contributed by atoms with Crippen molar-refractivity contribution in [3.05, 3.63) is 315 Å². The van der Waals surface area contributed by atoms with E-state index < -0.39 is 0 Å². The Morgan fingerprint density at radius 1 is 0.200 bits per heavy atom. The monoisotopic (exact) mass is 1080 g/mol. The van der Waals surface area contributed by atoms with Crippen molar-refractivity contribution in [2.24, 2.45) is 0 Å². The van der Waals surface area contributed by atoms with Gasteiger partial charge in [0.25, 0.3) is 0 Å². The molecule has 0 spiro atoms. The van der Waals surface area contributed by atoms with Crippen molar-refractivity contribution in [3.8, 4) is 111 Å². The van der Waals surface area contributed by atoms with Crippen LogP contribution in [0.5, 0.6) is 0 Å². The number of hydrogen-bond donors (Lipinski definition) is 0. The highest BCUT2D eigenvalue weighted by Gasteiger charge is 2.33. The Bertz CT molecular complexity index is 4690. The van der Waals surface area contributed by atoms with E-state index in [1.807, 2.05) is 6.08 Å². The van der Waals surface area contributed by atoms with Crippen molar-refractivity contribution in [2.75, 3.05) is 4.90 Å². The molecule has 0 aromatic heterocycles. The van der Waals surface area contributed by atoms with E-state index in [4.69, 9.17) is 0 Å². The van der Waals surface area contributed by atoms with E-state index in [0.717, 1.165) is 22.6 Å². The maximum Gasteiger partial charge on any atom is 0.0462 e. The molecule has 1 heteroatoms. The molecule has 394 valence electrons. The van der Waals surface area contributed by atoms with Gasteiger partial charge >= 0.3 is 0 Å². The largest absolute Gasteiger partial charge is 0.311 e. The standard InChI is InChI=1S/C84H53N/c1-2-53-37-43-60(44-38-53)85(61-45-39-54(40-46-61)63-49-51-73-79-65(63)33-19-35-71(79)81-75(56-21-7-3-8-22-56)67-29-15-17-31-69(67)77(83(73)81)58-25-11-5-12-26-58)62-47-41-55(42-48-62)64-50-52-74-80-66(64)34-20-36-72(80)82-76(57-23-9-4-10-24-57)68-30-16-18-32-70(68)78(84(74)82)59-27-13-6-14-28-59/h2-52H,1H2. The van der Waals surface area contributed by atoms with Gasteiger partial charge in [0.15, 0.2) is 0 Å². The minimum Gasteiger partial charge on any atom is -0.311 e. The van der Waals surface area contributed by atoms with Gasteiger partial charge in [0.2, 0.25) is 0 Å². The summed E-state index contributed by atoms with van der Waals surface area (Å²) >= 11 is 0. The molecular weight excluding hydrogens is 1020 g/mol. The Labute approximate surface area is 495 Å². The first-order valence-electron chi connectivity index (χ1n) is 29.4. The summed E-state index contributed by atoms with van der Waals surface area (Å²) in [7, 11) is 0. The van der Waals surface area contributed by atoms with Crippen molar-refractivity contribution >= 4 is 66.2 Å². The van der Waals surface area contributed by atoms with E-state index in [0.29, 0.717) is 0 Å². The number of benzene rings is 15. The number of anilines is 3. The molecule has 0 radical (unpaired) electrons. The highest BCUT2D eigenvalue weighted by Crippen LogP contribution is 2.61. The third-order valence-corrected chi connectivity index (χ3v) is 18.1. The summed E-state index contributed by atoms with van der Waals surface area (Å²) in [6, 6.07) is 112. The van der Waals surface area contributed by atoms with Crippen molar-refractivity contribution in [2.45, 2.75) is 0 Å². The first kappa shape index (κ1) is 48.6. The predicted molar refractivity (Wildman–Crippen MR) is 363 cm³/mol. The molecule has 0 aliphatic heterocycles. The molecule has 17 rings (SSSR count). The van der Waals surface area contributed by atoms with E-state index in [1.54, 1.807) is 0 Å². The summed E-state index contributed by atoms with van der Waals surface area (Å²) in [5.41, 5.74) is 29.5. The highest BCUT2D eigenvalue weighted by atomic mass is 15.1. The maximum absolute atomic E-state index is 4.08. The minimum absolute atomic E-state index is 1.07. The lowest BCUT2D eigenvalue weighted by Gasteiger charge is -2.26. The molecule has 0 atom stereocenters. The number of hydrogen-bond acceptors (Lipinski definition) is 1. The van der Waals surface area contributed by atoms with Crippen LogP contribution in [0.2, 0.25) is 0 Å². The van der Waals surface area contributed by atoms with Gasteiger partial charge in [-0.15, -0.1) is 0 Å². The molecule has 85 heavy (non-hydrogen) atoms. The lowest BCUT2D eigenvalue weighted by Crippen LogP contribution is -2.09. The van der Waals surface area contributed by atoms with Crippen molar-refractivity contribution in [1.82, 2.24) is 0 Å². The second-order valence-corrected chi connectivity index (χ2v) is 22.6. The normalized spacial score (nSPS) is 11.8. The van der Waals surface area contributed by atoms with Crippen molar-refractivity contribution in [3.63, 3.8) is 0 Å². The molecule has 0 amide bonds. The Balaban J connectivity index is 0.776. The summed E-state index contributed by atoms with van der Waals surface area (Å²) in [6.45, 7) is 4.08. The van der Waals surface area contributed by atoms with Crippen LogP contribution < -0.4 is 4.90 Å². The molecular formula is C84H53N. The second-order valence-electron chi connectivity index (χ2n) is 22.6. The molecule has 0 unspecified atom stereocenters. The summed E-state index contributed by atoms with van der Waals surface area (Å²) in [6.07, 6.45) is 1.91. The van der Waals surface area contributed by atoms with Crippen molar-refractivity contribution in [1.29, 1.82) is 0 Å². The van der Waals surface area contributed by atoms with Crippen molar-refractivity contribution < 1.29 is 0 Å². The van der Waals surface area contributed by atoms with Gasteiger partial charge in [-0.1, -0.05) is 280 Å². The molecule has 0 saturated heterocycles. The zero-order valence-electron chi connectivity index (χ0n) is 46.6. The van der Waals surface area contributed by atoms with Crippen LogP contribution in [0.25, 0.3) is 160 Å². The Morgan fingerprint density at radius 2 is 0.471 bits per heavy atom. The molecule has 0 bridgehead atoms. The van der Waals surface area contributed by atoms with E-state index in [-0.39, 0.29) is 0 Å². The summed E-state index contributed by atoms with van der Waals surface area (Å²) < 4.78 is 0. The minimum atomic E-state index is 1.07. The van der Waals surface area contributed by atoms with E-state index in [2.05, 4.69) is 315 Å². The fraction of sp³-hybridized carbons (Fsp3) is 0. The van der Waals surface area contributed by atoms with Gasteiger partial charge in [0, 0.05) is 17.1 Å². The molecule has 2 aliphatic rings. The lowest BCUT2D eigenvalue weighted by atomic mass is 9.82. The zero-order valence-corrected chi connectivity index (χ0v) is 46.6. The Hall–Kier alpha value is -11.1. The first-order chi connectivity index (χ1) is 42.2. The zero-order chi connectivity index (χ0) is 56.1. The predicted octanol–water partition coefficient (Wildman–Crippen LogP) is 23.7. The van der Waals surface area contributed by atoms with Crippen LogP contribution in [0.1, 0.15) is 5.56 Å². The van der Waals surface area contributed by atoms with E-state index in [9.17, 15) is 0 Å². The third kappa shape index (κ3) is 7.50. The smallest absolute Gasteiger partial charge is 0.0462 e. The van der Waals surface area contributed by atoms with Crippen LogP contribution in [-0.4, -0.2) is 0 Å². The number of rotatable bonds is 10. The van der Waals surface area contributed by atoms with Crippen LogP contribution in [0.3, 0.4) is 0 Å². The number of fused-ring (bicyclic) bond motifs is 8. The van der Waals surface area contributed by atoms with Gasteiger partial charge in [-0.25, -0.2) is 0 Å². The summed E-state index contributed by atoms with van der Waals surface area (Å²) in [5.74, 6) is 0. The molecule has 15 aromatic carbocycles. The SMILES string of the molecule is C=Cc1ccc(N(c2ccc(-c3ccc4c5c(cccc35)-c3c-4c(-c4ccccc4)c4ccccc4c3-c3ccccc3)cc2)c2ccc(-c3ccc4c5c(cccc35)-c3c-4c(-c4ccccc4)c4ccccc4c3-c3ccccc3)cc2)cc1. The molecule has 0 N–H and O–H groups in total. The maximum atomic E-state index is 4.08. The van der Waals surface area contributed by atoms with Gasteiger partial charge in [0.1, 0.15) is 0 Å². The van der Waals surface area contributed by atoms with E-state index >= 15 is 0 Å². The average Bonchev–Trinajstić information content (AvgIpc) is 1.68. The highest BCUT2D eigenvalue weighted by molar-refractivity contribution is 6.30. The van der Waals surface area contributed by atoms with Crippen LogP contribution >= 0.6 is 0 Å². The first-order valence-corrected chi connectivity index (χ1v) is 29.4. The third-order valence-electron chi connectivity index (χ3n) is 18.1. The fourth-order valence-electron chi connectivity index (χ4n) is 14.5. The molecule has 2 aliphatic carbocycles. The fourth-order valence-corrected chi connectivity index (χ4v) is 14.5. The lowest BCUT2D eigenvalue weighted by molar-refractivity contribution is 1.28. The summed E-state index contributed by atoms with van der Waals surface area (Å²) in [4.78, 5) is 2.37. The van der Waals surface area contributed by atoms with Gasteiger partial charge < -0.3 is 4.90 Å². The van der Waals surface area contributed by atoms with Gasteiger partial charge in [0.05, 0.1) is 0 Å². The topological polar surface area (TPSA) is 3.24 Å². The Morgan fingerprint density at radius 3 is 0.788 bits per heavy atom. The molecule has 0 heterocycles. The number of nitrogens with zero attached hydrogens (tertiary/aromatic N) is 1. The van der Waals surface area contributed by atoms with Crippen LogP contribution in [0.15, 0.2) is 310 Å². The molecule has 15 aromatic rings. The second kappa shape index (κ2) is 19.5. The van der Waals surface area contributed by atoms with E-state index in [1.165, 1.54) is 154 Å². The van der Waals surface area contributed by atoms with Gasteiger partial charge in [-0.2, -0.15) is 0 Å². The van der Waals surface area contributed by atoms with Gasteiger partial charge in [-0.05, 0) is 196 Å².